The van der Waals surface area contributed by atoms with E-state index in [1.54, 1.807) is 18.2 Å². The van der Waals surface area contributed by atoms with Gasteiger partial charge in [0.15, 0.2) is 5.76 Å². The van der Waals surface area contributed by atoms with Crippen LogP contribution < -0.4 is 0 Å². The summed E-state index contributed by atoms with van der Waals surface area (Å²) in [6, 6.07) is 0. The average molecular weight is 356 g/mol. The standard InChI is InChI=1S/C17H29N3O3S/c1-14-17(15(2)23-18-14)24(21,22)20-11-7-16(8-12-20)13-19-9-5-3-4-6-10-19/h16H,3-13H2,1-2H3. The molecule has 0 bridgehead atoms. The summed E-state index contributed by atoms with van der Waals surface area (Å²) in [5.41, 5.74) is 0.458. The number of nitrogens with zero attached hydrogens (tertiary/aromatic N) is 3. The molecule has 7 heteroatoms. The first-order chi connectivity index (χ1) is 11.5. The highest BCUT2D eigenvalue weighted by Gasteiger charge is 2.34. The number of hydrogen-bond donors (Lipinski definition) is 0. The van der Waals surface area contributed by atoms with E-state index in [0.717, 1.165) is 19.4 Å². The van der Waals surface area contributed by atoms with Crippen LogP contribution in [0.5, 0.6) is 0 Å². The molecule has 0 unspecified atom stereocenters. The summed E-state index contributed by atoms with van der Waals surface area (Å²) in [5.74, 6) is 0.999. The van der Waals surface area contributed by atoms with Gasteiger partial charge in [0.1, 0.15) is 10.6 Å². The second-order valence-electron chi connectivity index (χ2n) is 7.22. The van der Waals surface area contributed by atoms with E-state index in [1.165, 1.54) is 38.8 Å². The summed E-state index contributed by atoms with van der Waals surface area (Å²) in [4.78, 5) is 2.84. The maximum atomic E-state index is 12.8. The Kier molecular flexibility index (Phi) is 5.62. The van der Waals surface area contributed by atoms with E-state index in [1.807, 2.05) is 0 Å². The fourth-order valence-electron chi connectivity index (χ4n) is 3.99. The van der Waals surface area contributed by atoms with Crippen molar-refractivity contribution in [2.24, 2.45) is 5.92 Å². The van der Waals surface area contributed by atoms with Crippen LogP contribution in [0.2, 0.25) is 0 Å². The van der Waals surface area contributed by atoms with Gasteiger partial charge in [-0.1, -0.05) is 18.0 Å². The van der Waals surface area contributed by atoms with Crippen LogP contribution in [0.1, 0.15) is 50.0 Å². The lowest BCUT2D eigenvalue weighted by molar-refractivity contribution is 0.186. The molecule has 6 nitrogen and oxygen atoms in total. The zero-order valence-electron chi connectivity index (χ0n) is 14.8. The van der Waals surface area contributed by atoms with E-state index in [-0.39, 0.29) is 4.90 Å². The van der Waals surface area contributed by atoms with Gasteiger partial charge in [0, 0.05) is 19.6 Å². The lowest BCUT2D eigenvalue weighted by atomic mass is 9.97. The fourth-order valence-corrected chi connectivity index (χ4v) is 5.75. The third-order valence-corrected chi connectivity index (χ3v) is 7.50. The van der Waals surface area contributed by atoms with Crippen molar-refractivity contribution in [3.63, 3.8) is 0 Å². The molecule has 136 valence electrons. The summed E-state index contributed by atoms with van der Waals surface area (Å²) < 4.78 is 32.3. The van der Waals surface area contributed by atoms with Gasteiger partial charge in [-0.3, -0.25) is 0 Å². The quantitative estimate of drug-likeness (QED) is 0.830. The first kappa shape index (κ1) is 17.9. The molecule has 0 N–H and O–H groups in total. The van der Waals surface area contributed by atoms with E-state index < -0.39 is 10.0 Å². The van der Waals surface area contributed by atoms with Crippen molar-refractivity contribution in [3.8, 4) is 0 Å². The summed E-state index contributed by atoms with van der Waals surface area (Å²) in [7, 11) is -3.48. The molecular weight excluding hydrogens is 326 g/mol. The van der Waals surface area contributed by atoms with Crippen molar-refractivity contribution in [3.05, 3.63) is 11.5 Å². The first-order valence-corrected chi connectivity index (χ1v) is 10.6. The first-order valence-electron chi connectivity index (χ1n) is 9.14. The molecule has 0 atom stereocenters. The third-order valence-electron chi connectivity index (χ3n) is 5.35. The Bertz CT molecular complexity index is 621. The average Bonchev–Trinajstić information content (AvgIpc) is 2.75. The minimum atomic E-state index is -3.48. The molecule has 3 rings (SSSR count). The Morgan fingerprint density at radius 3 is 2.21 bits per heavy atom. The molecule has 1 aromatic heterocycles. The topological polar surface area (TPSA) is 66.7 Å². The van der Waals surface area contributed by atoms with Crippen LogP contribution in [-0.2, 0) is 10.0 Å². The highest BCUT2D eigenvalue weighted by atomic mass is 32.2. The Morgan fingerprint density at radius 2 is 1.67 bits per heavy atom. The number of aryl methyl sites for hydroxylation is 2. The summed E-state index contributed by atoms with van der Waals surface area (Å²) in [6.07, 6.45) is 7.20. The van der Waals surface area contributed by atoms with Crippen molar-refractivity contribution in [2.45, 2.75) is 57.3 Å². The largest absolute Gasteiger partial charge is 0.360 e. The molecule has 0 amide bonds. The minimum Gasteiger partial charge on any atom is -0.360 e. The van der Waals surface area contributed by atoms with Crippen molar-refractivity contribution >= 4 is 10.0 Å². The molecule has 2 aliphatic rings. The van der Waals surface area contributed by atoms with Gasteiger partial charge in [-0.15, -0.1) is 0 Å². The van der Waals surface area contributed by atoms with Gasteiger partial charge in [-0.25, -0.2) is 8.42 Å². The molecule has 0 radical (unpaired) electrons. The van der Waals surface area contributed by atoms with Gasteiger partial charge in [-0.05, 0) is 58.5 Å². The molecule has 2 fully saturated rings. The second-order valence-corrected chi connectivity index (χ2v) is 9.09. The van der Waals surface area contributed by atoms with Crippen molar-refractivity contribution in [1.82, 2.24) is 14.4 Å². The van der Waals surface area contributed by atoms with Crippen molar-refractivity contribution in [1.29, 1.82) is 0 Å². The van der Waals surface area contributed by atoms with Crippen LogP contribution in [0.25, 0.3) is 0 Å². The van der Waals surface area contributed by atoms with Crippen LogP contribution in [0, 0.1) is 19.8 Å². The van der Waals surface area contributed by atoms with E-state index >= 15 is 0 Å². The lowest BCUT2D eigenvalue weighted by Gasteiger charge is -2.34. The van der Waals surface area contributed by atoms with Gasteiger partial charge < -0.3 is 9.42 Å². The monoisotopic (exact) mass is 355 g/mol. The van der Waals surface area contributed by atoms with E-state index in [2.05, 4.69) is 10.1 Å². The highest BCUT2D eigenvalue weighted by Crippen LogP contribution is 2.28. The SMILES string of the molecule is Cc1noc(C)c1S(=O)(=O)N1CCC(CN2CCCCCC2)CC1. The van der Waals surface area contributed by atoms with Crippen molar-refractivity contribution in [2.75, 3.05) is 32.7 Å². The predicted octanol–water partition coefficient (Wildman–Crippen LogP) is 2.57. The third kappa shape index (κ3) is 3.83. The summed E-state index contributed by atoms with van der Waals surface area (Å²) >= 11 is 0. The molecular formula is C17H29N3O3S. The molecule has 0 spiro atoms. The van der Waals surface area contributed by atoms with Crippen LogP contribution in [0.3, 0.4) is 0 Å². The maximum absolute atomic E-state index is 12.8. The number of rotatable bonds is 4. The van der Waals surface area contributed by atoms with Crippen LogP contribution >= 0.6 is 0 Å². The van der Waals surface area contributed by atoms with Gasteiger partial charge in [0.05, 0.1) is 0 Å². The second kappa shape index (κ2) is 7.54. The van der Waals surface area contributed by atoms with Crippen molar-refractivity contribution < 1.29 is 12.9 Å². The molecule has 0 aromatic carbocycles. The van der Waals surface area contributed by atoms with Crippen LogP contribution in [0.15, 0.2) is 9.42 Å². The summed E-state index contributed by atoms with van der Waals surface area (Å²) in [6.45, 7) is 8.10. The number of sulfonamides is 1. The fraction of sp³-hybridized carbons (Fsp3) is 0.824. The summed E-state index contributed by atoms with van der Waals surface area (Å²) in [5, 5.41) is 3.79. The number of likely N-dealkylation sites (tertiary alicyclic amines) is 1. The number of aromatic nitrogens is 1. The zero-order chi connectivity index (χ0) is 17.2. The highest BCUT2D eigenvalue weighted by molar-refractivity contribution is 7.89. The zero-order valence-corrected chi connectivity index (χ0v) is 15.6. The molecule has 1 aromatic rings. The molecule has 3 heterocycles. The molecule has 24 heavy (non-hydrogen) atoms. The smallest absolute Gasteiger partial charge is 0.248 e. The maximum Gasteiger partial charge on any atom is 0.248 e. The van der Waals surface area contributed by atoms with Crippen LogP contribution in [0.4, 0.5) is 0 Å². The molecule has 2 saturated heterocycles. The molecule has 2 aliphatic heterocycles. The van der Waals surface area contributed by atoms with Gasteiger partial charge in [0.2, 0.25) is 10.0 Å². The number of piperidine rings is 1. The molecule has 0 aliphatic carbocycles. The normalized spacial score (nSPS) is 22.6. The van der Waals surface area contributed by atoms with E-state index in [4.69, 9.17) is 4.52 Å². The van der Waals surface area contributed by atoms with Gasteiger partial charge in [0.25, 0.3) is 0 Å². The Hall–Kier alpha value is -0.920. The number of hydrogen-bond acceptors (Lipinski definition) is 5. The Morgan fingerprint density at radius 1 is 1.04 bits per heavy atom. The van der Waals surface area contributed by atoms with Crippen LogP contribution in [-0.4, -0.2) is 55.5 Å². The van der Waals surface area contributed by atoms with Gasteiger partial charge >= 0.3 is 0 Å². The predicted molar refractivity (Wildman–Crippen MR) is 92.4 cm³/mol. The lowest BCUT2D eigenvalue weighted by Crippen LogP contribution is -2.42. The Balaban J connectivity index is 1.58. The minimum absolute atomic E-state index is 0.258. The van der Waals surface area contributed by atoms with E-state index in [9.17, 15) is 8.42 Å². The van der Waals surface area contributed by atoms with Gasteiger partial charge in [-0.2, -0.15) is 4.31 Å². The molecule has 0 saturated carbocycles. The van der Waals surface area contributed by atoms with E-state index in [0.29, 0.717) is 30.5 Å². The Labute approximate surface area is 145 Å².